The van der Waals surface area contributed by atoms with Gasteiger partial charge in [0.2, 0.25) is 0 Å². The van der Waals surface area contributed by atoms with Crippen LogP contribution >= 0.6 is 31.9 Å². The molecule has 0 saturated heterocycles. The Morgan fingerprint density at radius 2 is 2.00 bits per heavy atom. The summed E-state index contributed by atoms with van der Waals surface area (Å²) in [6.45, 7) is 3.91. The monoisotopic (exact) mass is 346 g/mol. The number of carbonyl (C=O) groups excluding carboxylic acids is 1. The Kier molecular flexibility index (Phi) is 5.22. The zero-order chi connectivity index (χ0) is 12.1. The molecule has 0 spiro atoms. The van der Waals surface area contributed by atoms with E-state index in [1.54, 1.807) is 13.8 Å². The lowest BCUT2D eigenvalue weighted by Crippen LogP contribution is -2.06. The van der Waals surface area contributed by atoms with Crippen molar-refractivity contribution in [3.8, 4) is 0 Å². The molecule has 1 aromatic rings. The molecule has 86 valence electrons. The van der Waals surface area contributed by atoms with Gasteiger partial charge in [-0.1, -0.05) is 34.1 Å². The van der Waals surface area contributed by atoms with Crippen molar-refractivity contribution >= 4 is 42.3 Å². The maximum absolute atomic E-state index is 11.5. The van der Waals surface area contributed by atoms with Gasteiger partial charge in [0.25, 0.3) is 0 Å². The van der Waals surface area contributed by atoms with Crippen LogP contribution in [0, 0.1) is 0 Å². The van der Waals surface area contributed by atoms with Crippen molar-refractivity contribution in [3.63, 3.8) is 0 Å². The van der Waals surface area contributed by atoms with Gasteiger partial charge in [-0.05, 0) is 35.8 Å². The van der Waals surface area contributed by atoms with Crippen molar-refractivity contribution in [1.29, 1.82) is 0 Å². The van der Waals surface area contributed by atoms with Crippen molar-refractivity contribution in [1.82, 2.24) is 0 Å². The molecule has 0 fully saturated rings. The molecule has 16 heavy (non-hydrogen) atoms. The van der Waals surface area contributed by atoms with Crippen LogP contribution in [-0.2, 0) is 9.53 Å². The van der Waals surface area contributed by atoms with Crippen LogP contribution in [0.4, 0.5) is 0 Å². The van der Waals surface area contributed by atoms with Gasteiger partial charge in [-0.3, -0.25) is 0 Å². The number of ether oxygens (including phenoxy) is 1. The van der Waals surface area contributed by atoms with E-state index in [-0.39, 0.29) is 5.97 Å². The number of halogens is 2. The minimum atomic E-state index is -0.301. The van der Waals surface area contributed by atoms with Crippen LogP contribution < -0.4 is 0 Å². The molecule has 0 N–H and O–H groups in total. The van der Waals surface area contributed by atoms with Crippen LogP contribution in [0.3, 0.4) is 0 Å². The first-order valence-corrected chi connectivity index (χ1v) is 6.45. The second-order valence-corrected chi connectivity index (χ2v) is 4.79. The third-order valence-corrected chi connectivity index (χ3v) is 3.73. The number of hydrogen-bond donors (Lipinski definition) is 0. The minimum Gasteiger partial charge on any atom is -0.463 e. The van der Waals surface area contributed by atoms with E-state index < -0.39 is 0 Å². The highest BCUT2D eigenvalue weighted by Gasteiger charge is 2.12. The first kappa shape index (κ1) is 13.5. The second kappa shape index (κ2) is 6.21. The average molecular weight is 348 g/mol. The summed E-state index contributed by atoms with van der Waals surface area (Å²) in [5.41, 5.74) is 1.50. The molecule has 0 aromatic heterocycles. The molecule has 0 atom stereocenters. The summed E-state index contributed by atoms with van der Waals surface area (Å²) in [4.78, 5) is 11.5. The Morgan fingerprint density at radius 3 is 2.56 bits per heavy atom. The summed E-state index contributed by atoms with van der Waals surface area (Å²) in [5.74, 6) is -0.301. The molecule has 0 aliphatic heterocycles. The van der Waals surface area contributed by atoms with Crippen LogP contribution in [-0.4, -0.2) is 12.6 Å². The molecule has 0 heterocycles. The summed E-state index contributed by atoms with van der Waals surface area (Å²) in [5, 5.41) is 0. The number of carbonyl (C=O) groups is 1. The normalized spacial score (nSPS) is 12.0. The summed E-state index contributed by atoms with van der Waals surface area (Å²) in [7, 11) is 0. The summed E-state index contributed by atoms with van der Waals surface area (Å²) in [6, 6.07) is 7.69. The quantitative estimate of drug-likeness (QED) is 0.606. The van der Waals surface area contributed by atoms with Gasteiger partial charge in [-0.2, -0.15) is 0 Å². The molecule has 0 amide bonds. The second-order valence-electron chi connectivity index (χ2n) is 3.14. The SMILES string of the molecule is CCOC(=O)/C(C)=C(/Br)c1ccccc1Br. The van der Waals surface area contributed by atoms with Crippen molar-refractivity contribution in [2.24, 2.45) is 0 Å². The van der Waals surface area contributed by atoms with E-state index in [1.165, 1.54) is 0 Å². The highest BCUT2D eigenvalue weighted by Crippen LogP contribution is 2.31. The first-order valence-electron chi connectivity index (χ1n) is 4.86. The maximum atomic E-state index is 11.5. The van der Waals surface area contributed by atoms with Gasteiger partial charge in [0.05, 0.1) is 6.61 Å². The lowest BCUT2D eigenvalue weighted by molar-refractivity contribution is -0.138. The Balaban J connectivity index is 3.09. The minimum absolute atomic E-state index is 0.301. The molecule has 0 bridgehead atoms. The van der Waals surface area contributed by atoms with Crippen LogP contribution in [0.15, 0.2) is 34.3 Å². The first-order chi connectivity index (χ1) is 7.57. The molecular weight excluding hydrogens is 336 g/mol. The van der Waals surface area contributed by atoms with Crippen LogP contribution in [0.2, 0.25) is 0 Å². The summed E-state index contributed by atoms with van der Waals surface area (Å²) >= 11 is 6.86. The topological polar surface area (TPSA) is 26.3 Å². The molecule has 1 aromatic carbocycles. The van der Waals surface area contributed by atoms with E-state index in [4.69, 9.17) is 4.74 Å². The lowest BCUT2D eigenvalue weighted by Gasteiger charge is -2.07. The Labute approximate surface area is 112 Å². The highest BCUT2D eigenvalue weighted by atomic mass is 79.9. The van der Waals surface area contributed by atoms with Crippen molar-refractivity contribution in [2.75, 3.05) is 6.61 Å². The Bertz CT molecular complexity index is 425. The third-order valence-electron chi connectivity index (χ3n) is 2.02. The molecule has 4 heteroatoms. The largest absolute Gasteiger partial charge is 0.463 e. The molecule has 2 nitrogen and oxygen atoms in total. The fourth-order valence-electron chi connectivity index (χ4n) is 1.17. The number of hydrogen-bond acceptors (Lipinski definition) is 2. The number of rotatable bonds is 3. The standard InChI is InChI=1S/C12H12Br2O2/c1-3-16-12(15)8(2)11(14)9-6-4-5-7-10(9)13/h4-7H,3H2,1-2H3/b11-8+. The van der Waals surface area contributed by atoms with Crippen molar-refractivity contribution in [2.45, 2.75) is 13.8 Å². The average Bonchev–Trinajstić information content (AvgIpc) is 2.28. The number of esters is 1. The fraction of sp³-hybridized carbons (Fsp3) is 0.250. The van der Waals surface area contributed by atoms with Crippen LogP contribution in [0.5, 0.6) is 0 Å². The smallest absolute Gasteiger partial charge is 0.334 e. The summed E-state index contributed by atoms with van der Waals surface area (Å²) < 4.78 is 6.63. The van der Waals surface area contributed by atoms with Crippen molar-refractivity contribution < 1.29 is 9.53 Å². The van der Waals surface area contributed by atoms with Crippen LogP contribution in [0.1, 0.15) is 19.4 Å². The van der Waals surface area contributed by atoms with E-state index in [1.807, 2.05) is 24.3 Å². The molecule has 0 unspecified atom stereocenters. The lowest BCUT2D eigenvalue weighted by atomic mass is 10.1. The van der Waals surface area contributed by atoms with Gasteiger partial charge in [0, 0.05) is 20.1 Å². The van der Waals surface area contributed by atoms with Gasteiger partial charge in [-0.25, -0.2) is 4.79 Å². The van der Waals surface area contributed by atoms with E-state index in [9.17, 15) is 4.79 Å². The molecule has 0 aliphatic rings. The molecule has 0 saturated carbocycles. The third kappa shape index (κ3) is 3.19. The van der Waals surface area contributed by atoms with Gasteiger partial charge < -0.3 is 4.74 Å². The Morgan fingerprint density at radius 1 is 1.38 bits per heavy atom. The van der Waals surface area contributed by atoms with E-state index in [0.29, 0.717) is 12.2 Å². The zero-order valence-corrected chi connectivity index (χ0v) is 12.3. The maximum Gasteiger partial charge on any atom is 0.334 e. The number of benzene rings is 1. The van der Waals surface area contributed by atoms with Gasteiger partial charge >= 0.3 is 5.97 Å². The highest BCUT2D eigenvalue weighted by molar-refractivity contribution is 9.15. The van der Waals surface area contributed by atoms with E-state index >= 15 is 0 Å². The van der Waals surface area contributed by atoms with Gasteiger partial charge in [0.1, 0.15) is 0 Å². The van der Waals surface area contributed by atoms with Crippen LogP contribution in [0.25, 0.3) is 4.48 Å². The fourth-order valence-corrected chi connectivity index (χ4v) is 2.43. The van der Waals surface area contributed by atoms with Gasteiger partial charge in [-0.15, -0.1) is 0 Å². The predicted octanol–water partition coefficient (Wildman–Crippen LogP) is 4.14. The molecule has 0 radical (unpaired) electrons. The molecular formula is C12H12Br2O2. The molecule has 0 aliphatic carbocycles. The molecule has 1 rings (SSSR count). The van der Waals surface area contributed by atoms with E-state index in [2.05, 4.69) is 31.9 Å². The Hall–Kier alpha value is -0.610. The van der Waals surface area contributed by atoms with Crippen molar-refractivity contribution in [3.05, 3.63) is 39.9 Å². The zero-order valence-electron chi connectivity index (χ0n) is 9.09. The predicted molar refractivity (Wildman–Crippen MR) is 72.3 cm³/mol. The van der Waals surface area contributed by atoms with E-state index in [0.717, 1.165) is 14.5 Å². The van der Waals surface area contributed by atoms with Gasteiger partial charge in [0.15, 0.2) is 0 Å². The summed E-state index contributed by atoms with van der Waals surface area (Å²) in [6.07, 6.45) is 0.